The highest BCUT2D eigenvalue weighted by atomic mass is 32.1. The molecule has 27 heteroatoms. The van der Waals surface area contributed by atoms with Gasteiger partial charge in [0.1, 0.15) is 18.9 Å². The Kier molecular flexibility index (Phi) is 73.7. The molecule has 26 nitrogen and oxygen atoms in total. The summed E-state index contributed by atoms with van der Waals surface area (Å²) in [7, 11) is 0. The summed E-state index contributed by atoms with van der Waals surface area (Å²) < 4.78 is 16.2. The van der Waals surface area contributed by atoms with Gasteiger partial charge >= 0.3 is 0 Å². The fraction of sp³-hybridized carbons (Fsp3) is 0.710. The maximum atomic E-state index is 4.33. The Hall–Kier alpha value is -7.32. The Morgan fingerprint density at radius 3 is 0.843 bits per heavy atom. The topological polar surface area (TPSA) is 350 Å². The van der Waals surface area contributed by atoms with Gasteiger partial charge < -0.3 is 4.52 Å². The lowest BCUT2D eigenvalue weighted by Crippen LogP contribution is -1.93. The van der Waals surface area contributed by atoms with Crippen molar-refractivity contribution in [1.82, 2.24) is 117 Å². The van der Waals surface area contributed by atoms with Crippen molar-refractivity contribution in [3.8, 4) is 0 Å². The molecule has 9 aromatic heterocycles. The van der Waals surface area contributed by atoms with Crippen LogP contribution in [0.15, 0.2) is 125 Å². The fourth-order valence-electron chi connectivity index (χ4n) is 1.40. The maximum Gasteiger partial charge on any atom is 0.183 e. The quantitative estimate of drug-likeness (QED) is 0.0941. The third-order valence-electron chi connectivity index (χ3n) is 2.81. The van der Waals surface area contributed by atoms with Crippen molar-refractivity contribution < 1.29 is 13.8 Å². The largest absolute Gasteiger partial charge is 0.365 e. The Bertz CT molecular complexity index is 1590. The average molecular weight is 1280 g/mol. The molecule has 0 aromatic carbocycles. The van der Waals surface area contributed by atoms with Crippen molar-refractivity contribution in [3.63, 3.8) is 0 Å². The number of nitrogens with one attached hydrogen (secondary N) is 5. The highest BCUT2D eigenvalue weighted by Crippen LogP contribution is 2.11. The van der Waals surface area contributed by atoms with Crippen molar-refractivity contribution in [2.24, 2.45) is 49.2 Å². The van der Waals surface area contributed by atoms with E-state index in [1.807, 2.05) is 17.5 Å². The maximum absolute atomic E-state index is 4.33. The van der Waals surface area contributed by atoms with Gasteiger partial charge in [0.2, 0.25) is 0 Å². The summed E-state index contributed by atoms with van der Waals surface area (Å²) in [6, 6.07) is 5.46. The Morgan fingerprint density at radius 1 is 0.348 bits per heavy atom. The van der Waals surface area contributed by atoms with E-state index in [-0.39, 0.29) is 0 Å². The summed E-state index contributed by atoms with van der Waals surface area (Å²) in [5, 5.41) is 66.9. The number of hydrogen-bond acceptors (Lipinski definition) is 22. The van der Waals surface area contributed by atoms with Crippen LogP contribution in [0.1, 0.15) is 242 Å². The summed E-state index contributed by atoms with van der Waals surface area (Å²) in [6.45, 7) is 76.5. The minimum Gasteiger partial charge on any atom is -0.365 e. The standard InChI is InChI=1S/8C5H12.C4H10.C3H4N2.C3H3NO.C3H3NS.2C2H3N3.C2H2N2O.2CH2N4.CHN3O/c8*1-5(2,3)4;1-4(2)3;3*1-2-4-5-3-1;1-3-2-5-4-1;5*1-2-4-5-3-1/h8*1-4H3;4H,1-3H3;1-3H,(H,4,5);2*1-3H;2*1-2H,(H,3,4,5);1-2H;2*1H,(H,2,3,4,5);1H. The summed E-state index contributed by atoms with van der Waals surface area (Å²) in [4.78, 5) is 3.56. The zero-order valence-corrected chi connectivity index (χ0v) is 63.0. The van der Waals surface area contributed by atoms with Crippen LogP contribution in [0.4, 0.5) is 0 Å². The predicted octanol–water partition coefficient (Wildman–Crippen LogP) is 17.9. The lowest BCUT2D eigenvalue weighted by Gasteiger charge is -2.05. The van der Waals surface area contributed by atoms with Gasteiger partial charge in [0.05, 0.1) is 36.3 Å². The first-order valence-corrected chi connectivity index (χ1v) is 29.9. The van der Waals surface area contributed by atoms with Gasteiger partial charge in [-0.2, -0.15) is 36.0 Å². The Labute approximate surface area is 543 Å². The summed E-state index contributed by atoms with van der Waals surface area (Å²) in [6.07, 6.45) is 21.3. The van der Waals surface area contributed by atoms with E-state index in [9.17, 15) is 0 Å². The van der Waals surface area contributed by atoms with E-state index in [0.717, 1.165) is 5.92 Å². The van der Waals surface area contributed by atoms with E-state index in [0.29, 0.717) is 43.3 Å². The van der Waals surface area contributed by atoms with Crippen LogP contribution in [0.3, 0.4) is 0 Å². The normalized spacial score (nSPS) is 9.84. The van der Waals surface area contributed by atoms with Crippen LogP contribution < -0.4 is 0 Å². The van der Waals surface area contributed by atoms with E-state index in [4.69, 9.17) is 0 Å². The molecule has 0 radical (unpaired) electrons. The molecule has 0 aliphatic carbocycles. The average Bonchev–Trinajstić information content (AvgIpc) is 4.22. The predicted molar refractivity (Wildman–Crippen MR) is 366 cm³/mol. The second-order valence-corrected chi connectivity index (χ2v) is 32.1. The highest BCUT2D eigenvalue weighted by Gasteiger charge is 1.99. The molecular weight excluding hydrogens is 1150 g/mol. The number of H-pyrrole nitrogens is 5. The molecule has 0 bridgehead atoms. The van der Waals surface area contributed by atoms with Gasteiger partial charge in [0.15, 0.2) is 19.0 Å². The number of aromatic nitrogens is 23. The third-order valence-corrected chi connectivity index (χ3v) is 3.34. The number of hydrogen-bond donors (Lipinski definition) is 5. The van der Waals surface area contributed by atoms with Crippen molar-refractivity contribution >= 4 is 11.5 Å². The van der Waals surface area contributed by atoms with E-state index in [2.05, 4.69) is 374 Å². The van der Waals surface area contributed by atoms with Gasteiger partial charge in [-0.3, -0.25) is 10.2 Å². The molecular formula is C62H129N23O3S. The summed E-state index contributed by atoms with van der Waals surface area (Å²) >= 11 is 1.46. The molecule has 0 aliphatic rings. The minimum absolute atomic E-state index is 0.500. The molecule has 9 aromatic rings. The molecule has 9 heterocycles. The van der Waals surface area contributed by atoms with Crippen molar-refractivity contribution in [1.29, 1.82) is 0 Å². The van der Waals surface area contributed by atoms with Crippen LogP contribution in [0.2, 0.25) is 0 Å². The van der Waals surface area contributed by atoms with Crippen LogP contribution in [-0.2, 0) is 0 Å². The van der Waals surface area contributed by atoms with Gasteiger partial charge in [-0.1, -0.05) is 273 Å². The molecule has 0 saturated heterocycles. The van der Waals surface area contributed by atoms with Crippen LogP contribution in [0.5, 0.6) is 0 Å². The van der Waals surface area contributed by atoms with E-state index < -0.39 is 0 Å². The molecule has 9 rings (SSSR count). The van der Waals surface area contributed by atoms with E-state index >= 15 is 0 Å². The second kappa shape index (κ2) is 65.1. The number of rotatable bonds is 0. The zero-order valence-electron chi connectivity index (χ0n) is 62.2. The molecule has 516 valence electrons. The monoisotopic (exact) mass is 1280 g/mol. The minimum atomic E-state index is 0.500. The van der Waals surface area contributed by atoms with Crippen LogP contribution >= 0.6 is 11.5 Å². The fourth-order valence-corrected chi connectivity index (χ4v) is 1.75. The second-order valence-electron chi connectivity index (χ2n) is 31.4. The highest BCUT2D eigenvalue weighted by molar-refractivity contribution is 7.03. The number of nitrogens with zero attached hydrogens (tertiary/aromatic N) is 18. The first-order valence-electron chi connectivity index (χ1n) is 29.1. The van der Waals surface area contributed by atoms with Crippen molar-refractivity contribution in [2.45, 2.75) is 242 Å². The first kappa shape index (κ1) is 101. The Balaban J connectivity index is -0.000000109. The number of aromatic amines is 5. The third kappa shape index (κ3) is 352. The SMILES string of the molecule is CC(C)(C)C.CC(C)(C)C.CC(C)(C)C.CC(C)(C)C.CC(C)(C)C.CC(C)(C)C.CC(C)(C)C.CC(C)(C)C.CC(C)C.c1cn[nH]c1.c1cn[nH]n1.c1cnoc1.c1cnon1.c1cnsc1.c1nc[nH]n1.c1nn[nH]n1.c1nn[nH]n1.c1nnon1. The molecule has 5 N–H and O–H groups in total. The molecule has 89 heavy (non-hydrogen) atoms. The molecule has 0 aliphatic heterocycles. The van der Waals surface area contributed by atoms with Crippen molar-refractivity contribution in [2.75, 3.05) is 0 Å². The zero-order chi connectivity index (χ0) is 71.4. The summed E-state index contributed by atoms with van der Waals surface area (Å²) in [5.74, 6) is 0.833. The first-order chi connectivity index (χ1) is 40.2. The number of tetrazole rings is 2. The molecule has 0 unspecified atom stereocenters. The molecule has 0 spiro atoms. The lowest BCUT2D eigenvalue weighted by molar-refractivity contribution is 0.292. The van der Waals surface area contributed by atoms with E-state index in [1.54, 1.807) is 43.2 Å². The Morgan fingerprint density at radius 2 is 0.753 bits per heavy atom. The van der Waals surface area contributed by atoms with Crippen molar-refractivity contribution in [3.05, 3.63) is 111 Å². The van der Waals surface area contributed by atoms with E-state index in [1.165, 1.54) is 61.8 Å². The molecule has 0 saturated carbocycles. The molecule has 0 fully saturated rings. The van der Waals surface area contributed by atoms with Gasteiger partial charge in [-0.05, 0) is 84.1 Å². The van der Waals surface area contributed by atoms with Crippen LogP contribution in [0, 0.1) is 49.2 Å². The van der Waals surface area contributed by atoms with Gasteiger partial charge in [-0.15, -0.1) is 20.4 Å². The molecule has 0 amide bonds. The van der Waals surface area contributed by atoms with Gasteiger partial charge in [-0.25, -0.2) is 18.6 Å². The van der Waals surface area contributed by atoms with Crippen LogP contribution in [-0.4, -0.2) is 117 Å². The summed E-state index contributed by atoms with van der Waals surface area (Å²) in [5.41, 5.74) is 4.00. The van der Waals surface area contributed by atoms with Crippen LogP contribution in [0.25, 0.3) is 0 Å². The van der Waals surface area contributed by atoms with Gasteiger partial charge in [0.25, 0.3) is 0 Å². The molecule has 0 atom stereocenters. The smallest absolute Gasteiger partial charge is 0.183 e. The van der Waals surface area contributed by atoms with Gasteiger partial charge in [0, 0.05) is 24.0 Å². The lowest BCUT2D eigenvalue weighted by atomic mass is 10.0.